The first kappa shape index (κ1) is 16.7. The van der Waals surface area contributed by atoms with E-state index in [0.717, 1.165) is 11.1 Å². The van der Waals surface area contributed by atoms with Crippen LogP contribution in [0.2, 0.25) is 0 Å². The number of hydrogen-bond acceptors (Lipinski definition) is 3. The first-order valence-electron chi connectivity index (χ1n) is 6.65. The monoisotopic (exact) mass is 305 g/mol. The third kappa shape index (κ3) is 2.70. The van der Waals surface area contributed by atoms with Crippen LogP contribution >= 0.6 is 0 Å². The van der Waals surface area contributed by atoms with Gasteiger partial charge in [-0.15, -0.1) is 0 Å². The van der Waals surface area contributed by atoms with Crippen LogP contribution in [0.1, 0.15) is 16.7 Å². The smallest absolute Gasteiger partial charge is 0.307 e. The third-order valence-corrected chi connectivity index (χ3v) is 3.81. The predicted molar refractivity (Wildman–Crippen MR) is 86.6 cm³/mol. The van der Waals surface area contributed by atoms with E-state index in [2.05, 4.69) is 0 Å². The molecule has 4 nitrogen and oxygen atoms in total. The van der Waals surface area contributed by atoms with Crippen molar-refractivity contribution in [3.8, 4) is 0 Å². The minimum Gasteiger partial charge on any atom is -0.481 e. The van der Waals surface area contributed by atoms with Crippen LogP contribution in [0.5, 0.6) is 0 Å². The van der Waals surface area contributed by atoms with E-state index in [4.69, 9.17) is 9.52 Å². The number of fused-ring (bicyclic) bond motifs is 2. The molecule has 0 unspecified atom stereocenters. The molecule has 1 heterocycles. The summed E-state index contributed by atoms with van der Waals surface area (Å²) in [6.45, 7) is 3.84. The number of carbonyl (C=O) groups is 1. The number of rotatable bonds is 2. The van der Waals surface area contributed by atoms with Crippen LogP contribution in [0, 0.1) is 13.8 Å². The summed E-state index contributed by atoms with van der Waals surface area (Å²) < 4.78 is 5.91. The largest absolute Gasteiger partial charge is 0.481 e. The predicted octanol–water partition coefficient (Wildman–Crippen LogP) is 2.81. The van der Waals surface area contributed by atoms with Gasteiger partial charge in [0, 0.05) is 35.1 Å². The molecule has 0 aliphatic rings. The van der Waals surface area contributed by atoms with Gasteiger partial charge in [0.05, 0.1) is 17.2 Å². The summed E-state index contributed by atoms with van der Waals surface area (Å²) in [7, 11) is 0. The molecule has 3 rings (SSSR count). The Morgan fingerprint density at radius 1 is 1.09 bits per heavy atom. The second-order valence-corrected chi connectivity index (χ2v) is 5.18. The van der Waals surface area contributed by atoms with Crippen molar-refractivity contribution in [3.05, 3.63) is 57.2 Å². The fourth-order valence-electron chi connectivity index (χ4n) is 2.53. The van der Waals surface area contributed by atoms with E-state index in [1.807, 2.05) is 19.9 Å². The quantitative estimate of drug-likeness (QED) is 0.584. The van der Waals surface area contributed by atoms with Crippen LogP contribution in [0.4, 0.5) is 0 Å². The Morgan fingerprint density at radius 3 is 2.45 bits per heavy atom. The fraction of sp³-hybridized carbons (Fsp3) is 0.176. The van der Waals surface area contributed by atoms with Gasteiger partial charge in [0.1, 0.15) is 11.2 Å². The van der Waals surface area contributed by atoms with Gasteiger partial charge in [-0.3, -0.25) is 9.59 Å². The van der Waals surface area contributed by atoms with Gasteiger partial charge in [-0.2, -0.15) is 0 Å². The maximum atomic E-state index is 12.6. The van der Waals surface area contributed by atoms with Gasteiger partial charge in [-0.05, 0) is 37.1 Å². The molecule has 2 aromatic carbocycles. The molecule has 0 saturated heterocycles. The molecular formula is C17H14NaO4. The van der Waals surface area contributed by atoms with Gasteiger partial charge in [0.15, 0.2) is 0 Å². The average Bonchev–Trinajstić information content (AvgIpc) is 2.44. The number of carboxylic acid groups (broad SMARTS) is 1. The summed E-state index contributed by atoms with van der Waals surface area (Å²) >= 11 is 0. The van der Waals surface area contributed by atoms with E-state index >= 15 is 0 Å². The molecule has 1 N–H and O–H groups in total. The van der Waals surface area contributed by atoms with E-state index in [0.29, 0.717) is 27.5 Å². The molecule has 22 heavy (non-hydrogen) atoms. The summed E-state index contributed by atoms with van der Waals surface area (Å²) in [6, 6.07) is 8.68. The van der Waals surface area contributed by atoms with Crippen LogP contribution in [0.25, 0.3) is 21.9 Å². The normalized spacial score (nSPS) is 10.6. The minimum atomic E-state index is -0.953. The Kier molecular flexibility index (Phi) is 4.75. The molecule has 0 saturated carbocycles. The van der Waals surface area contributed by atoms with E-state index < -0.39 is 5.97 Å². The number of aliphatic carboxylic acids is 1. The summed E-state index contributed by atoms with van der Waals surface area (Å²) in [6.07, 6.45) is -0.170. The van der Waals surface area contributed by atoms with E-state index in [-0.39, 0.29) is 41.4 Å². The Balaban J connectivity index is 0.00000176. The molecule has 1 aromatic heterocycles. The molecule has 0 spiro atoms. The van der Waals surface area contributed by atoms with Crippen LogP contribution in [-0.4, -0.2) is 40.6 Å². The number of hydrogen-bond donors (Lipinski definition) is 1. The number of para-hydroxylation sites is 1. The molecular weight excluding hydrogens is 291 g/mol. The molecule has 0 amide bonds. The molecule has 107 valence electrons. The number of carboxylic acids is 1. The zero-order valence-electron chi connectivity index (χ0n) is 12.8. The SMILES string of the molecule is Cc1ccc2c(=O)c3cccc(CC(=O)O)c3oc2c1C.[Na]. The molecule has 0 atom stereocenters. The number of benzene rings is 2. The molecule has 5 heteroatoms. The van der Waals surface area contributed by atoms with Crippen LogP contribution in [0.3, 0.4) is 0 Å². The fourth-order valence-corrected chi connectivity index (χ4v) is 2.53. The van der Waals surface area contributed by atoms with Gasteiger partial charge in [-0.25, -0.2) is 0 Å². The molecule has 0 aliphatic carbocycles. The topological polar surface area (TPSA) is 67.5 Å². The summed E-state index contributed by atoms with van der Waals surface area (Å²) in [5, 5.41) is 9.93. The van der Waals surface area contributed by atoms with E-state index in [9.17, 15) is 9.59 Å². The van der Waals surface area contributed by atoms with Crippen molar-refractivity contribution < 1.29 is 14.3 Å². The van der Waals surface area contributed by atoms with E-state index in [1.165, 1.54) is 0 Å². The van der Waals surface area contributed by atoms with Crippen molar-refractivity contribution in [3.63, 3.8) is 0 Å². The van der Waals surface area contributed by atoms with Crippen LogP contribution in [-0.2, 0) is 11.2 Å². The Morgan fingerprint density at radius 2 is 1.77 bits per heavy atom. The molecule has 3 aromatic rings. The standard InChI is InChI=1S/C17H14O4.Na/c1-9-6-7-13-15(20)12-5-3-4-11(8-14(18)19)17(12)21-16(13)10(9)2;/h3-7H,8H2,1-2H3,(H,18,19);. The molecule has 0 bridgehead atoms. The summed E-state index contributed by atoms with van der Waals surface area (Å²) in [5.74, 6) is -0.953. The van der Waals surface area contributed by atoms with Gasteiger partial charge in [0.2, 0.25) is 5.43 Å². The summed E-state index contributed by atoms with van der Waals surface area (Å²) in [5.41, 5.74) is 3.22. The van der Waals surface area contributed by atoms with Crippen LogP contribution < -0.4 is 5.43 Å². The van der Waals surface area contributed by atoms with E-state index in [1.54, 1.807) is 24.3 Å². The van der Waals surface area contributed by atoms with Gasteiger partial charge < -0.3 is 9.52 Å². The Hall–Kier alpha value is -1.62. The second kappa shape index (κ2) is 6.24. The maximum absolute atomic E-state index is 12.6. The van der Waals surface area contributed by atoms with Crippen molar-refractivity contribution in [2.45, 2.75) is 20.3 Å². The van der Waals surface area contributed by atoms with Gasteiger partial charge in [-0.1, -0.05) is 18.2 Å². The zero-order valence-corrected chi connectivity index (χ0v) is 14.8. The average molecular weight is 305 g/mol. The van der Waals surface area contributed by atoms with Crippen LogP contribution in [0.15, 0.2) is 39.5 Å². The van der Waals surface area contributed by atoms with Crippen molar-refractivity contribution >= 4 is 57.5 Å². The summed E-state index contributed by atoms with van der Waals surface area (Å²) in [4.78, 5) is 23.5. The first-order valence-corrected chi connectivity index (χ1v) is 6.65. The molecule has 0 fully saturated rings. The molecule has 0 aliphatic heterocycles. The van der Waals surface area contributed by atoms with Crippen molar-refractivity contribution in [2.75, 3.05) is 0 Å². The van der Waals surface area contributed by atoms with Crippen molar-refractivity contribution in [2.24, 2.45) is 0 Å². The Labute approximate surface area is 149 Å². The maximum Gasteiger partial charge on any atom is 0.307 e. The van der Waals surface area contributed by atoms with Crippen molar-refractivity contribution in [1.82, 2.24) is 0 Å². The van der Waals surface area contributed by atoms with Gasteiger partial charge in [0.25, 0.3) is 0 Å². The zero-order chi connectivity index (χ0) is 15.1. The Bertz CT molecular complexity index is 941. The minimum absolute atomic E-state index is 0. The first-order chi connectivity index (χ1) is 9.99. The van der Waals surface area contributed by atoms with Crippen molar-refractivity contribution in [1.29, 1.82) is 0 Å². The third-order valence-electron chi connectivity index (χ3n) is 3.81. The second-order valence-electron chi connectivity index (χ2n) is 5.18. The number of aryl methyl sites for hydroxylation is 2. The van der Waals surface area contributed by atoms with Gasteiger partial charge >= 0.3 is 5.97 Å². The molecule has 1 radical (unpaired) electrons.